The summed E-state index contributed by atoms with van der Waals surface area (Å²) >= 11 is 0. The normalized spacial score (nSPS) is 18.5. The molecule has 1 heterocycles. The third-order valence-electron chi connectivity index (χ3n) is 6.48. The first-order chi connectivity index (χ1) is 16.0. The highest BCUT2D eigenvalue weighted by Crippen LogP contribution is 2.46. The van der Waals surface area contributed by atoms with Gasteiger partial charge in [0.15, 0.2) is 5.43 Å². The molecule has 5 rings (SSSR count). The number of fused-ring (bicyclic) bond motifs is 1. The number of aromatic hydroxyl groups is 3. The average molecular weight is 444 g/mol. The average Bonchev–Trinajstić information content (AvgIpc) is 2.80. The van der Waals surface area contributed by atoms with Gasteiger partial charge in [-0.1, -0.05) is 43.2 Å². The quantitative estimate of drug-likeness (QED) is 0.343. The zero-order valence-corrected chi connectivity index (χ0v) is 17.9. The molecule has 6 nitrogen and oxygen atoms in total. The predicted octanol–water partition coefficient (Wildman–Crippen LogP) is 5.26. The Bertz CT molecular complexity index is 1400. The Morgan fingerprint density at radius 3 is 2.06 bits per heavy atom. The van der Waals surface area contributed by atoms with Gasteiger partial charge in [0.1, 0.15) is 34.0 Å². The van der Waals surface area contributed by atoms with Gasteiger partial charge in [0, 0.05) is 23.1 Å². The number of aliphatic hydroxyl groups excluding tert-OH is 1. The summed E-state index contributed by atoms with van der Waals surface area (Å²) in [7, 11) is 0. The Labute approximate surface area is 190 Å². The fourth-order valence-corrected chi connectivity index (χ4v) is 4.89. The van der Waals surface area contributed by atoms with Gasteiger partial charge in [-0.2, -0.15) is 0 Å². The van der Waals surface area contributed by atoms with Crippen molar-refractivity contribution in [1.82, 2.24) is 0 Å². The van der Waals surface area contributed by atoms with Gasteiger partial charge in [-0.25, -0.2) is 0 Å². The van der Waals surface area contributed by atoms with E-state index < -0.39 is 11.5 Å². The minimum atomic E-state index is -0.657. The van der Waals surface area contributed by atoms with Crippen LogP contribution in [0.25, 0.3) is 33.4 Å². The molecule has 0 spiro atoms. The molecule has 0 radical (unpaired) electrons. The maximum atomic E-state index is 13.1. The van der Waals surface area contributed by atoms with Crippen LogP contribution in [0, 0.1) is 0 Å². The maximum Gasteiger partial charge on any atom is 0.197 e. The molecule has 4 aromatic rings. The number of phenolic OH excluding ortho intramolecular Hbond substituents is 3. The summed E-state index contributed by atoms with van der Waals surface area (Å²) in [5.41, 5.74) is 1.59. The number of para-hydroxylation sites is 2. The molecule has 1 saturated carbocycles. The molecule has 0 bridgehead atoms. The number of rotatable bonds is 3. The number of benzene rings is 3. The van der Waals surface area contributed by atoms with Crippen LogP contribution in [0.3, 0.4) is 0 Å². The van der Waals surface area contributed by atoms with Crippen LogP contribution in [0.15, 0.2) is 69.9 Å². The van der Waals surface area contributed by atoms with E-state index in [1.165, 1.54) is 18.2 Å². The Balaban J connectivity index is 1.89. The van der Waals surface area contributed by atoms with Crippen LogP contribution in [0.2, 0.25) is 0 Å². The van der Waals surface area contributed by atoms with Crippen molar-refractivity contribution < 1.29 is 24.8 Å². The summed E-state index contributed by atoms with van der Waals surface area (Å²) in [5.74, 6) is -0.484. The standard InChI is InChI=1S/C27H24O6/c28-19-10-4-1-7-15(19)18-13-22(31)26-23(32)14-24(16-8-2-5-11-20(16)29)33-27(26)25(18)17-9-3-6-12-21(17)30/h1-2,4-5,7-8,10-11,13-14,17,21,28-31H,3,6,9,12H2. The highest BCUT2D eigenvalue weighted by atomic mass is 16.3. The van der Waals surface area contributed by atoms with E-state index in [4.69, 9.17) is 4.42 Å². The van der Waals surface area contributed by atoms with E-state index in [0.29, 0.717) is 35.1 Å². The van der Waals surface area contributed by atoms with Gasteiger partial charge in [-0.3, -0.25) is 4.79 Å². The van der Waals surface area contributed by atoms with Gasteiger partial charge in [-0.15, -0.1) is 0 Å². The monoisotopic (exact) mass is 444 g/mol. The fraction of sp³-hybridized carbons (Fsp3) is 0.222. The molecule has 0 aliphatic heterocycles. The van der Waals surface area contributed by atoms with E-state index in [0.717, 1.165) is 12.8 Å². The van der Waals surface area contributed by atoms with Crippen LogP contribution in [-0.4, -0.2) is 26.5 Å². The maximum absolute atomic E-state index is 13.1. The highest BCUT2D eigenvalue weighted by Gasteiger charge is 2.32. The van der Waals surface area contributed by atoms with E-state index >= 15 is 0 Å². The first kappa shape index (κ1) is 21.1. The highest BCUT2D eigenvalue weighted by molar-refractivity contribution is 5.94. The zero-order chi connectivity index (χ0) is 23.1. The molecular formula is C27H24O6. The van der Waals surface area contributed by atoms with Crippen molar-refractivity contribution in [3.05, 3.63) is 76.5 Å². The third-order valence-corrected chi connectivity index (χ3v) is 6.48. The third kappa shape index (κ3) is 3.62. The van der Waals surface area contributed by atoms with Crippen LogP contribution < -0.4 is 5.43 Å². The molecule has 3 aromatic carbocycles. The topological polar surface area (TPSA) is 111 Å². The smallest absolute Gasteiger partial charge is 0.197 e. The molecule has 168 valence electrons. The summed E-state index contributed by atoms with van der Waals surface area (Å²) in [5, 5.41) is 42.7. The Morgan fingerprint density at radius 1 is 0.758 bits per heavy atom. The molecule has 0 amide bonds. The van der Waals surface area contributed by atoms with Crippen molar-refractivity contribution in [2.45, 2.75) is 37.7 Å². The molecule has 2 unspecified atom stereocenters. The van der Waals surface area contributed by atoms with Crippen molar-refractivity contribution in [2.24, 2.45) is 0 Å². The van der Waals surface area contributed by atoms with E-state index in [1.807, 2.05) is 0 Å². The Morgan fingerprint density at radius 2 is 1.39 bits per heavy atom. The van der Waals surface area contributed by atoms with Crippen LogP contribution >= 0.6 is 0 Å². The molecule has 2 atom stereocenters. The van der Waals surface area contributed by atoms with E-state index in [-0.39, 0.29) is 39.9 Å². The predicted molar refractivity (Wildman–Crippen MR) is 126 cm³/mol. The SMILES string of the molecule is O=c1cc(-c2ccccc2O)oc2c(C3CCCCC3O)c(-c3ccccc3O)cc(O)c12. The minimum absolute atomic E-state index is 0.0149. The number of aliphatic hydroxyl groups is 1. The van der Waals surface area contributed by atoms with Gasteiger partial charge >= 0.3 is 0 Å². The van der Waals surface area contributed by atoms with Gasteiger partial charge in [0.05, 0.1) is 11.7 Å². The second kappa shape index (κ2) is 8.30. The van der Waals surface area contributed by atoms with Crippen molar-refractivity contribution in [3.8, 4) is 39.7 Å². The second-order valence-electron chi connectivity index (χ2n) is 8.53. The number of hydrogen-bond donors (Lipinski definition) is 4. The van der Waals surface area contributed by atoms with Crippen LogP contribution in [-0.2, 0) is 0 Å². The molecule has 6 heteroatoms. The van der Waals surface area contributed by atoms with Gasteiger partial charge < -0.3 is 24.8 Å². The molecule has 4 N–H and O–H groups in total. The van der Waals surface area contributed by atoms with Crippen molar-refractivity contribution >= 4 is 11.0 Å². The summed E-state index contributed by atoms with van der Waals surface area (Å²) in [6.07, 6.45) is 2.42. The largest absolute Gasteiger partial charge is 0.507 e. The second-order valence-corrected chi connectivity index (χ2v) is 8.53. The number of hydrogen-bond acceptors (Lipinski definition) is 6. The van der Waals surface area contributed by atoms with E-state index in [1.54, 1.807) is 42.5 Å². The molecule has 1 aliphatic carbocycles. The molecular weight excluding hydrogens is 420 g/mol. The van der Waals surface area contributed by atoms with E-state index in [2.05, 4.69) is 0 Å². The molecule has 33 heavy (non-hydrogen) atoms. The van der Waals surface area contributed by atoms with Gasteiger partial charge in [0.2, 0.25) is 0 Å². The van der Waals surface area contributed by atoms with E-state index in [9.17, 15) is 25.2 Å². The lowest BCUT2D eigenvalue weighted by molar-refractivity contribution is 0.106. The first-order valence-corrected chi connectivity index (χ1v) is 11.0. The molecule has 1 fully saturated rings. The summed E-state index contributed by atoms with van der Waals surface area (Å²) in [6, 6.07) is 16.0. The summed E-state index contributed by atoms with van der Waals surface area (Å²) < 4.78 is 6.21. The molecule has 0 saturated heterocycles. The lowest BCUT2D eigenvalue weighted by Crippen LogP contribution is -2.23. The lowest BCUT2D eigenvalue weighted by Gasteiger charge is -2.30. The van der Waals surface area contributed by atoms with Gasteiger partial charge in [-0.05, 0) is 42.7 Å². The Hall–Kier alpha value is -3.77. The van der Waals surface area contributed by atoms with Crippen LogP contribution in [0.4, 0.5) is 0 Å². The molecule has 1 aliphatic rings. The van der Waals surface area contributed by atoms with Crippen molar-refractivity contribution in [3.63, 3.8) is 0 Å². The molecule has 1 aromatic heterocycles. The minimum Gasteiger partial charge on any atom is -0.507 e. The first-order valence-electron chi connectivity index (χ1n) is 11.0. The van der Waals surface area contributed by atoms with Crippen molar-refractivity contribution in [1.29, 1.82) is 0 Å². The number of phenols is 3. The Kier molecular flexibility index (Phi) is 5.30. The summed E-state index contributed by atoms with van der Waals surface area (Å²) in [6.45, 7) is 0. The van der Waals surface area contributed by atoms with Crippen molar-refractivity contribution in [2.75, 3.05) is 0 Å². The van der Waals surface area contributed by atoms with Gasteiger partial charge in [0.25, 0.3) is 0 Å². The lowest BCUT2D eigenvalue weighted by atomic mass is 9.78. The van der Waals surface area contributed by atoms with Crippen LogP contribution in [0.1, 0.15) is 37.2 Å². The van der Waals surface area contributed by atoms with Crippen LogP contribution in [0.5, 0.6) is 17.2 Å². The summed E-state index contributed by atoms with van der Waals surface area (Å²) in [4.78, 5) is 13.1. The zero-order valence-electron chi connectivity index (χ0n) is 17.9. The fourth-order valence-electron chi connectivity index (χ4n) is 4.89.